The summed E-state index contributed by atoms with van der Waals surface area (Å²) in [6, 6.07) is 13.2. The number of carbonyl (C=O) groups is 1. The first-order valence-electron chi connectivity index (χ1n) is 6.58. The van der Waals surface area contributed by atoms with Gasteiger partial charge in [-0.1, -0.05) is 24.3 Å². The summed E-state index contributed by atoms with van der Waals surface area (Å²) in [6.45, 7) is 0.574. The fourth-order valence-electron chi connectivity index (χ4n) is 2.22. The van der Waals surface area contributed by atoms with Gasteiger partial charge in [0.25, 0.3) is 5.91 Å². The maximum absolute atomic E-state index is 12.5. The molecule has 21 heavy (non-hydrogen) atoms. The average molecular weight is 297 g/mol. The molecule has 0 aliphatic heterocycles. The number of anilines is 1. The third-order valence-electron chi connectivity index (χ3n) is 3.29. The lowest BCUT2D eigenvalue weighted by Gasteiger charge is -2.16. The van der Waals surface area contributed by atoms with Gasteiger partial charge in [-0.05, 0) is 23.6 Å². The van der Waals surface area contributed by atoms with Gasteiger partial charge in [-0.25, -0.2) is 4.98 Å². The molecule has 106 valence electrons. The van der Waals surface area contributed by atoms with Crippen molar-refractivity contribution in [3.8, 4) is 0 Å². The number of nitrogen functional groups attached to an aromatic ring is 1. The molecule has 0 bridgehead atoms. The molecule has 3 rings (SSSR count). The van der Waals surface area contributed by atoms with Crippen LogP contribution in [-0.2, 0) is 6.54 Å². The molecule has 0 unspecified atom stereocenters. The zero-order chi connectivity index (χ0) is 14.8. The summed E-state index contributed by atoms with van der Waals surface area (Å²) < 4.78 is 0. The highest BCUT2D eigenvalue weighted by Gasteiger charge is 2.15. The van der Waals surface area contributed by atoms with Gasteiger partial charge in [-0.15, -0.1) is 11.3 Å². The second-order valence-electron chi connectivity index (χ2n) is 4.85. The van der Waals surface area contributed by atoms with Crippen molar-refractivity contribution < 1.29 is 4.79 Å². The van der Waals surface area contributed by atoms with Crippen LogP contribution in [0.1, 0.15) is 15.4 Å². The summed E-state index contributed by atoms with van der Waals surface area (Å²) in [7, 11) is 1.77. The van der Waals surface area contributed by atoms with E-state index < -0.39 is 0 Å². The predicted octanol–water partition coefficient (Wildman–Crippen LogP) is 3.15. The van der Waals surface area contributed by atoms with Crippen LogP contribution in [0.15, 0.2) is 47.8 Å². The minimum absolute atomic E-state index is 0.124. The molecule has 2 N–H and O–H groups in total. The third-order valence-corrected chi connectivity index (χ3v) is 4.15. The van der Waals surface area contributed by atoms with Crippen LogP contribution in [0, 0.1) is 0 Å². The molecule has 0 saturated heterocycles. The lowest BCUT2D eigenvalue weighted by Crippen LogP contribution is -2.26. The van der Waals surface area contributed by atoms with E-state index in [4.69, 9.17) is 5.73 Å². The Morgan fingerprint density at radius 2 is 2.10 bits per heavy atom. The zero-order valence-corrected chi connectivity index (χ0v) is 12.4. The van der Waals surface area contributed by atoms with Gasteiger partial charge in [0.05, 0.1) is 12.1 Å². The average Bonchev–Trinajstić information content (AvgIpc) is 2.99. The fourth-order valence-corrected chi connectivity index (χ4v) is 2.97. The van der Waals surface area contributed by atoms with Gasteiger partial charge in [0.1, 0.15) is 5.69 Å². The van der Waals surface area contributed by atoms with Crippen molar-refractivity contribution in [2.24, 2.45) is 0 Å². The molecular weight excluding hydrogens is 282 g/mol. The quantitative estimate of drug-likeness (QED) is 0.808. The molecular formula is C16H15N3OS. The molecule has 1 amide bonds. The van der Waals surface area contributed by atoms with Gasteiger partial charge in [-0.2, -0.15) is 0 Å². The topological polar surface area (TPSA) is 59.2 Å². The first-order chi connectivity index (χ1) is 10.1. The first kappa shape index (κ1) is 13.6. The predicted molar refractivity (Wildman–Crippen MR) is 86.3 cm³/mol. The summed E-state index contributed by atoms with van der Waals surface area (Å²) in [4.78, 5) is 19.7. The Bertz CT molecular complexity index is 783. The highest BCUT2D eigenvalue weighted by atomic mass is 32.1. The van der Waals surface area contributed by atoms with Crippen LogP contribution in [0.4, 0.5) is 5.69 Å². The van der Waals surface area contributed by atoms with Crippen molar-refractivity contribution in [1.29, 1.82) is 0 Å². The number of carbonyl (C=O) groups excluding carboxylic acids is 1. The highest BCUT2D eigenvalue weighted by molar-refractivity contribution is 7.09. The molecule has 2 heterocycles. The molecule has 0 atom stereocenters. The van der Waals surface area contributed by atoms with Crippen molar-refractivity contribution in [3.63, 3.8) is 0 Å². The smallest absolute Gasteiger partial charge is 0.272 e. The molecule has 0 aliphatic carbocycles. The van der Waals surface area contributed by atoms with E-state index >= 15 is 0 Å². The lowest BCUT2D eigenvalue weighted by atomic mass is 10.1. The standard InChI is InChI=1S/C16H15N3OS/c1-19(10-11-5-4-8-21-11)16(20)15-9-13(17)12-6-2-3-7-14(12)18-15/h2-9H,10H2,1H3,(H2,17,18). The number of nitrogens with zero attached hydrogens (tertiary/aromatic N) is 2. The normalized spacial score (nSPS) is 10.7. The van der Waals surface area contributed by atoms with Gasteiger partial charge < -0.3 is 10.6 Å². The summed E-state index contributed by atoms with van der Waals surface area (Å²) in [5.41, 5.74) is 7.72. The molecule has 2 aromatic heterocycles. The van der Waals surface area contributed by atoms with Crippen LogP contribution in [0.25, 0.3) is 10.9 Å². The van der Waals surface area contributed by atoms with Crippen molar-refractivity contribution in [1.82, 2.24) is 9.88 Å². The number of amides is 1. The number of hydrogen-bond donors (Lipinski definition) is 1. The number of hydrogen-bond acceptors (Lipinski definition) is 4. The Labute approximate surface area is 126 Å². The van der Waals surface area contributed by atoms with E-state index in [9.17, 15) is 4.79 Å². The Morgan fingerprint density at radius 3 is 2.86 bits per heavy atom. The number of benzene rings is 1. The number of para-hydroxylation sites is 1. The van der Waals surface area contributed by atoms with E-state index in [0.717, 1.165) is 15.8 Å². The van der Waals surface area contributed by atoms with Crippen LogP contribution in [-0.4, -0.2) is 22.8 Å². The Balaban J connectivity index is 1.90. The summed E-state index contributed by atoms with van der Waals surface area (Å²) in [5.74, 6) is -0.124. The molecule has 0 saturated carbocycles. The lowest BCUT2D eigenvalue weighted by molar-refractivity contribution is 0.0781. The van der Waals surface area contributed by atoms with E-state index in [-0.39, 0.29) is 5.91 Å². The summed E-state index contributed by atoms with van der Waals surface area (Å²) >= 11 is 1.63. The molecule has 5 heteroatoms. The van der Waals surface area contributed by atoms with Gasteiger partial charge in [0.15, 0.2) is 0 Å². The summed E-state index contributed by atoms with van der Waals surface area (Å²) in [6.07, 6.45) is 0. The molecule has 3 aromatic rings. The van der Waals surface area contributed by atoms with Crippen molar-refractivity contribution in [3.05, 3.63) is 58.4 Å². The molecule has 4 nitrogen and oxygen atoms in total. The zero-order valence-electron chi connectivity index (χ0n) is 11.6. The number of rotatable bonds is 3. The molecule has 0 radical (unpaired) electrons. The van der Waals surface area contributed by atoms with E-state index in [1.54, 1.807) is 29.4 Å². The van der Waals surface area contributed by atoms with Crippen LogP contribution in [0.3, 0.4) is 0 Å². The van der Waals surface area contributed by atoms with Gasteiger partial charge in [0, 0.05) is 23.0 Å². The first-order valence-corrected chi connectivity index (χ1v) is 7.46. The number of aromatic nitrogens is 1. The maximum Gasteiger partial charge on any atom is 0.272 e. The van der Waals surface area contributed by atoms with E-state index in [1.807, 2.05) is 41.8 Å². The number of fused-ring (bicyclic) bond motifs is 1. The monoisotopic (exact) mass is 297 g/mol. The Morgan fingerprint density at radius 1 is 1.29 bits per heavy atom. The fraction of sp³-hybridized carbons (Fsp3) is 0.125. The van der Waals surface area contributed by atoms with Crippen LogP contribution in [0.5, 0.6) is 0 Å². The molecule has 0 spiro atoms. The maximum atomic E-state index is 12.5. The SMILES string of the molecule is CN(Cc1cccs1)C(=O)c1cc(N)c2ccccc2n1. The minimum atomic E-state index is -0.124. The molecule has 0 aliphatic rings. The minimum Gasteiger partial charge on any atom is -0.398 e. The van der Waals surface area contributed by atoms with Crippen LogP contribution in [0.2, 0.25) is 0 Å². The van der Waals surface area contributed by atoms with E-state index in [1.165, 1.54) is 0 Å². The van der Waals surface area contributed by atoms with Gasteiger partial charge >= 0.3 is 0 Å². The van der Waals surface area contributed by atoms with Crippen LogP contribution < -0.4 is 5.73 Å². The van der Waals surface area contributed by atoms with E-state index in [2.05, 4.69) is 4.98 Å². The Hall–Kier alpha value is -2.40. The van der Waals surface area contributed by atoms with Crippen molar-refractivity contribution in [2.45, 2.75) is 6.54 Å². The largest absolute Gasteiger partial charge is 0.398 e. The molecule has 0 fully saturated rings. The number of thiophene rings is 1. The number of pyridine rings is 1. The number of nitrogens with two attached hydrogens (primary N) is 1. The molecule has 1 aromatic carbocycles. The second kappa shape index (κ2) is 5.54. The van der Waals surface area contributed by atoms with Crippen LogP contribution >= 0.6 is 11.3 Å². The van der Waals surface area contributed by atoms with Crippen molar-refractivity contribution in [2.75, 3.05) is 12.8 Å². The summed E-state index contributed by atoms with van der Waals surface area (Å²) in [5, 5.41) is 2.87. The second-order valence-corrected chi connectivity index (χ2v) is 5.89. The third kappa shape index (κ3) is 2.73. The van der Waals surface area contributed by atoms with Crippen molar-refractivity contribution >= 4 is 33.8 Å². The van der Waals surface area contributed by atoms with Gasteiger partial charge in [0.2, 0.25) is 0 Å². The van der Waals surface area contributed by atoms with Gasteiger partial charge in [-0.3, -0.25) is 4.79 Å². The Kier molecular flexibility index (Phi) is 3.58. The highest BCUT2D eigenvalue weighted by Crippen LogP contribution is 2.21. The van der Waals surface area contributed by atoms with E-state index in [0.29, 0.717) is 17.9 Å².